The SMILES string of the molecule is CCCCCCCCCCCCCCCCCCCCCCCCCCCCCCCCCCC(O)C(=O)NC(CO)C(O)CCCCCCCCCCCCCCCCC. The minimum Gasteiger partial charge on any atom is -0.394 e. The van der Waals surface area contributed by atoms with Crippen LogP contribution >= 0.6 is 0 Å². The summed E-state index contributed by atoms with van der Waals surface area (Å²) in [6.45, 7) is 4.27. The van der Waals surface area contributed by atoms with Crippen LogP contribution in [0.4, 0.5) is 0 Å². The molecular formula is C56H113NO4. The second-order valence-electron chi connectivity index (χ2n) is 19.9. The average molecular weight is 865 g/mol. The number of nitrogens with one attached hydrogen (secondary N) is 1. The highest BCUT2D eigenvalue weighted by atomic mass is 16.3. The molecule has 0 aliphatic heterocycles. The van der Waals surface area contributed by atoms with Gasteiger partial charge < -0.3 is 20.6 Å². The third kappa shape index (κ3) is 47.1. The topological polar surface area (TPSA) is 89.8 Å². The van der Waals surface area contributed by atoms with Crippen molar-refractivity contribution in [1.82, 2.24) is 5.32 Å². The van der Waals surface area contributed by atoms with Crippen LogP contribution in [0.1, 0.15) is 328 Å². The Hall–Kier alpha value is -0.650. The van der Waals surface area contributed by atoms with Gasteiger partial charge >= 0.3 is 0 Å². The van der Waals surface area contributed by atoms with Gasteiger partial charge in [0.05, 0.1) is 18.8 Å². The number of carbonyl (C=O) groups is 1. The number of carbonyl (C=O) groups excluding carboxylic acids is 1. The first kappa shape index (κ1) is 60.4. The maximum Gasteiger partial charge on any atom is 0.249 e. The van der Waals surface area contributed by atoms with Crippen LogP contribution in [-0.4, -0.2) is 46.1 Å². The molecule has 0 aromatic carbocycles. The summed E-state index contributed by atoms with van der Waals surface area (Å²) in [7, 11) is 0. The van der Waals surface area contributed by atoms with Crippen LogP contribution in [0.2, 0.25) is 0 Å². The molecule has 0 aromatic rings. The monoisotopic (exact) mass is 864 g/mol. The first-order valence-corrected chi connectivity index (χ1v) is 28.3. The number of aliphatic hydroxyl groups is 3. The number of amides is 1. The number of aliphatic hydroxyl groups excluding tert-OH is 3. The minimum absolute atomic E-state index is 0.308. The lowest BCUT2D eigenvalue weighted by Crippen LogP contribution is -2.49. The molecule has 0 spiro atoms. The molecule has 0 saturated carbocycles. The summed E-state index contributed by atoms with van der Waals surface area (Å²) in [6.07, 6.45) is 63.0. The van der Waals surface area contributed by atoms with Crippen LogP contribution in [0.15, 0.2) is 0 Å². The van der Waals surface area contributed by atoms with E-state index in [0.29, 0.717) is 12.8 Å². The van der Waals surface area contributed by atoms with E-state index in [-0.39, 0.29) is 6.61 Å². The van der Waals surface area contributed by atoms with Crippen molar-refractivity contribution in [2.24, 2.45) is 0 Å². The molecule has 0 aromatic heterocycles. The van der Waals surface area contributed by atoms with E-state index >= 15 is 0 Å². The van der Waals surface area contributed by atoms with Crippen LogP contribution < -0.4 is 5.32 Å². The molecule has 0 aliphatic carbocycles. The predicted molar refractivity (Wildman–Crippen MR) is 269 cm³/mol. The first-order chi connectivity index (χ1) is 30.1. The van der Waals surface area contributed by atoms with Gasteiger partial charge in [-0.25, -0.2) is 0 Å². The molecule has 5 nitrogen and oxygen atoms in total. The highest BCUT2D eigenvalue weighted by Gasteiger charge is 2.23. The molecule has 3 unspecified atom stereocenters. The van der Waals surface area contributed by atoms with Gasteiger partial charge in [0.2, 0.25) is 5.91 Å². The molecule has 0 saturated heterocycles. The Morgan fingerprint density at radius 3 is 0.738 bits per heavy atom. The maximum atomic E-state index is 12.5. The van der Waals surface area contributed by atoms with E-state index in [0.717, 1.165) is 32.1 Å². The van der Waals surface area contributed by atoms with Crippen LogP contribution in [0.3, 0.4) is 0 Å². The molecule has 5 heteroatoms. The lowest BCUT2D eigenvalue weighted by molar-refractivity contribution is -0.131. The van der Waals surface area contributed by atoms with Crippen molar-refractivity contribution in [2.45, 2.75) is 347 Å². The van der Waals surface area contributed by atoms with Crippen molar-refractivity contribution >= 4 is 5.91 Å². The summed E-state index contributed by atoms with van der Waals surface area (Å²) < 4.78 is 0. The molecule has 0 heterocycles. The van der Waals surface area contributed by atoms with Crippen LogP contribution in [0, 0.1) is 0 Å². The van der Waals surface area contributed by atoms with E-state index in [2.05, 4.69) is 19.2 Å². The first-order valence-electron chi connectivity index (χ1n) is 28.3. The Kier molecular flexibility index (Phi) is 51.4. The molecule has 4 N–H and O–H groups in total. The Morgan fingerprint density at radius 1 is 0.328 bits per heavy atom. The highest BCUT2D eigenvalue weighted by Crippen LogP contribution is 2.19. The zero-order valence-electron chi connectivity index (χ0n) is 41.8. The number of hydrogen-bond donors (Lipinski definition) is 4. The standard InChI is InChI=1S/C56H113NO4/c1-3-5-7-9-11-13-15-17-19-20-21-22-23-24-25-26-27-28-29-30-31-32-33-34-35-37-39-41-43-45-47-49-51-55(60)56(61)57-53(52-58)54(59)50-48-46-44-42-40-38-36-18-16-14-12-10-8-6-4-2/h53-55,58-60H,3-52H2,1-2H3,(H,57,61). The number of hydrogen-bond acceptors (Lipinski definition) is 4. The zero-order valence-corrected chi connectivity index (χ0v) is 41.8. The Balaban J connectivity index is 3.43. The fraction of sp³-hybridized carbons (Fsp3) is 0.982. The largest absolute Gasteiger partial charge is 0.394 e. The number of rotatable bonds is 53. The predicted octanol–water partition coefficient (Wildman–Crippen LogP) is 17.3. The van der Waals surface area contributed by atoms with Crippen LogP contribution in [0.25, 0.3) is 0 Å². The van der Waals surface area contributed by atoms with Crippen molar-refractivity contribution in [1.29, 1.82) is 0 Å². The van der Waals surface area contributed by atoms with Gasteiger partial charge in [-0.3, -0.25) is 4.79 Å². The Bertz CT molecular complexity index is 822. The Labute approximate surface area is 383 Å². The van der Waals surface area contributed by atoms with Crippen molar-refractivity contribution < 1.29 is 20.1 Å². The van der Waals surface area contributed by atoms with E-state index < -0.39 is 24.2 Å². The van der Waals surface area contributed by atoms with Gasteiger partial charge in [0, 0.05) is 0 Å². The molecule has 61 heavy (non-hydrogen) atoms. The third-order valence-electron chi connectivity index (χ3n) is 13.7. The normalized spacial score (nSPS) is 13.2. The van der Waals surface area contributed by atoms with Crippen LogP contribution in [0.5, 0.6) is 0 Å². The molecule has 0 radical (unpaired) electrons. The third-order valence-corrected chi connectivity index (χ3v) is 13.7. The van der Waals surface area contributed by atoms with Crippen molar-refractivity contribution in [3.63, 3.8) is 0 Å². The lowest BCUT2D eigenvalue weighted by atomic mass is 10.0. The number of unbranched alkanes of at least 4 members (excludes halogenated alkanes) is 45. The smallest absolute Gasteiger partial charge is 0.249 e. The molecule has 0 aliphatic rings. The molecule has 0 bridgehead atoms. The van der Waals surface area contributed by atoms with Crippen LogP contribution in [-0.2, 0) is 4.79 Å². The van der Waals surface area contributed by atoms with E-state index in [9.17, 15) is 20.1 Å². The van der Waals surface area contributed by atoms with Crippen molar-refractivity contribution in [3.8, 4) is 0 Å². The molecular weight excluding hydrogens is 751 g/mol. The Morgan fingerprint density at radius 2 is 0.525 bits per heavy atom. The second-order valence-corrected chi connectivity index (χ2v) is 19.9. The molecule has 3 atom stereocenters. The lowest BCUT2D eigenvalue weighted by Gasteiger charge is -2.23. The highest BCUT2D eigenvalue weighted by molar-refractivity contribution is 5.80. The maximum absolute atomic E-state index is 12.5. The van der Waals surface area contributed by atoms with Gasteiger partial charge in [0.1, 0.15) is 6.10 Å². The summed E-state index contributed by atoms with van der Waals surface area (Å²) in [4.78, 5) is 12.5. The summed E-state index contributed by atoms with van der Waals surface area (Å²) in [6, 6.07) is -0.706. The van der Waals surface area contributed by atoms with E-state index in [4.69, 9.17) is 0 Å². The zero-order chi connectivity index (χ0) is 44.4. The molecule has 1 amide bonds. The molecule has 366 valence electrons. The van der Waals surface area contributed by atoms with Gasteiger partial charge in [-0.2, -0.15) is 0 Å². The quantitative estimate of drug-likeness (QED) is 0.0459. The van der Waals surface area contributed by atoms with E-state index in [1.807, 2.05) is 0 Å². The minimum atomic E-state index is -1.07. The van der Waals surface area contributed by atoms with Gasteiger partial charge in [-0.15, -0.1) is 0 Å². The second kappa shape index (κ2) is 52.0. The molecule has 0 fully saturated rings. The summed E-state index contributed by atoms with van der Waals surface area (Å²) in [5.41, 5.74) is 0. The summed E-state index contributed by atoms with van der Waals surface area (Å²) >= 11 is 0. The molecule has 0 rings (SSSR count). The van der Waals surface area contributed by atoms with Gasteiger partial charge in [-0.05, 0) is 12.8 Å². The fourth-order valence-electron chi connectivity index (χ4n) is 9.31. The summed E-state index contributed by atoms with van der Waals surface area (Å²) in [5, 5.41) is 33.5. The van der Waals surface area contributed by atoms with E-state index in [1.54, 1.807) is 0 Å². The van der Waals surface area contributed by atoms with Gasteiger partial charge in [0.15, 0.2) is 0 Å². The van der Waals surface area contributed by atoms with Crippen molar-refractivity contribution in [3.05, 3.63) is 0 Å². The van der Waals surface area contributed by atoms with Gasteiger partial charge in [0.25, 0.3) is 0 Å². The fourth-order valence-corrected chi connectivity index (χ4v) is 9.31. The average Bonchev–Trinajstić information content (AvgIpc) is 3.26. The summed E-state index contributed by atoms with van der Waals surface area (Å²) in [5.74, 6) is -0.463. The van der Waals surface area contributed by atoms with Crippen molar-refractivity contribution in [2.75, 3.05) is 6.61 Å². The van der Waals surface area contributed by atoms with Gasteiger partial charge in [-0.1, -0.05) is 316 Å². The van der Waals surface area contributed by atoms with E-state index in [1.165, 1.54) is 270 Å².